The third-order valence-corrected chi connectivity index (χ3v) is 6.69. The van der Waals surface area contributed by atoms with E-state index in [2.05, 4.69) is 4.98 Å². The molecule has 2 aromatic heterocycles. The molecule has 17 heteroatoms. The van der Waals surface area contributed by atoms with Gasteiger partial charge < -0.3 is 34.3 Å². The zero-order chi connectivity index (χ0) is 31.3. The molecule has 3 aliphatic heterocycles. The lowest BCUT2D eigenvalue weighted by atomic mass is 10.1. The van der Waals surface area contributed by atoms with Crippen LogP contribution in [0.15, 0.2) is 26.8 Å². The van der Waals surface area contributed by atoms with Crippen LogP contribution in [-0.2, 0) is 14.2 Å². The van der Waals surface area contributed by atoms with Gasteiger partial charge in [0.2, 0.25) is 0 Å². The second-order valence-corrected chi connectivity index (χ2v) is 11.0. The van der Waals surface area contributed by atoms with E-state index in [0.29, 0.717) is 5.56 Å². The third kappa shape index (κ3) is 5.74. The Balaban J connectivity index is 0.000000206. The summed E-state index contributed by atoms with van der Waals surface area (Å²) in [6.07, 6.45) is -7.76. The number of hydrogen-bond acceptors (Lipinski definition) is 12. The Hall–Kier alpha value is -3.51. The number of rotatable bonds is 3. The molecule has 0 spiro atoms. The first-order valence-electron chi connectivity index (χ1n) is 12.9. The number of ether oxygens (including phenoxy) is 4. The molecule has 2 fully saturated rings. The minimum atomic E-state index is -1.61. The first-order chi connectivity index (χ1) is 19.6. The van der Waals surface area contributed by atoms with Crippen molar-refractivity contribution in [1.29, 1.82) is 0 Å². The van der Waals surface area contributed by atoms with Crippen molar-refractivity contribution < 1.29 is 47.8 Å². The third-order valence-electron chi connectivity index (χ3n) is 6.69. The first-order valence-corrected chi connectivity index (χ1v) is 12.9. The molecule has 3 aliphatic rings. The number of fused-ring (bicyclic) bond motifs is 3. The van der Waals surface area contributed by atoms with Crippen molar-refractivity contribution in [2.75, 3.05) is 13.3 Å². The quantitative estimate of drug-likeness (QED) is 0.398. The highest BCUT2D eigenvalue weighted by Gasteiger charge is 2.51. The average Bonchev–Trinajstić information content (AvgIpc) is 3.51. The monoisotopic (exact) mass is 602 g/mol. The van der Waals surface area contributed by atoms with E-state index < -0.39 is 85.4 Å². The number of halogens is 2. The fourth-order valence-electron chi connectivity index (χ4n) is 4.57. The van der Waals surface area contributed by atoms with Crippen molar-refractivity contribution in [2.24, 2.45) is 0 Å². The molecule has 15 nitrogen and oxygen atoms in total. The van der Waals surface area contributed by atoms with E-state index in [9.17, 15) is 43.3 Å². The lowest BCUT2D eigenvalue weighted by molar-refractivity contribution is -0.0463. The van der Waals surface area contributed by atoms with Gasteiger partial charge in [-0.1, -0.05) is 0 Å². The topological polar surface area (TPSA) is 194 Å². The summed E-state index contributed by atoms with van der Waals surface area (Å²) in [5, 5.41) is 29.5. The van der Waals surface area contributed by atoms with Crippen LogP contribution in [0.5, 0.6) is 6.01 Å². The van der Waals surface area contributed by atoms with E-state index in [0.717, 1.165) is 10.8 Å². The lowest BCUT2D eigenvalue weighted by Crippen LogP contribution is -2.48. The SMILES string of the molecule is Cc1cn([C@@H]2O[C@H](CF)[C@@H](O)[C@H]2O)c(=O)n(C(=O)OC(C)(C)C)c1=O.Cc1cn2c(nc1=O)O[C@H]1[C@H](O)[C@@H](CF)O[C@H]12. The van der Waals surface area contributed by atoms with Gasteiger partial charge in [0.25, 0.3) is 11.1 Å². The molecule has 2 aromatic rings. The van der Waals surface area contributed by atoms with Gasteiger partial charge in [0.1, 0.15) is 49.5 Å². The largest absolute Gasteiger partial charge is 0.453 e. The highest BCUT2D eigenvalue weighted by atomic mass is 19.1. The number of carbonyl (C=O) groups is 1. The smallest absolute Gasteiger partial charge is 0.425 e. The van der Waals surface area contributed by atoms with Crippen LogP contribution in [0, 0.1) is 13.8 Å². The van der Waals surface area contributed by atoms with Crippen LogP contribution in [0.1, 0.15) is 44.4 Å². The predicted molar refractivity (Wildman–Crippen MR) is 137 cm³/mol. The highest BCUT2D eigenvalue weighted by Crippen LogP contribution is 2.39. The van der Waals surface area contributed by atoms with E-state index in [1.165, 1.54) is 11.5 Å². The number of nitrogens with zero attached hydrogens (tertiary/aromatic N) is 4. The summed E-state index contributed by atoms with van der Waals surface area (Å²) < 4.78 is 48.8. The summed E-state index contributed by atoms with van der Waals surface area (Å²) in [6.45, 7) is 5.81. The summed E-state index contributed by atoms with van der Waals surface area (Å²) in [7, 11) is 0. The van der Waals surface area contributed by atoms with E-state index in [-0.39, 0.29) is 21.7 Å². The Kier molecular flexibility index (Phi) is 8.71. The van der Waals surface area contributed by atoms with Crippen molar-refractivity contribution in [1.82, 2.24) is 18.7 Å². The van der Waals surface area contributed by atoms with E-state index in [4.69, 9.17) is 18.9 Å². The summed E-state index contributed by atoms with van der Waals surface area (Å²) in [6, 6.07) is 0.104. The highest BCUT2D eigenvalue weighted by molar-refractivity contribution is 5.70. The van der Waals surface area contributed by atoms with Crippen molar-refractivity contribution in [2.45, 2.75) is 89.3 Å². The molecular formula is C25H32F2N4O11. The van der Waals surface area contributed by atoms with Crippen LogP contribution in [0.4, 0.5) is 13.6 Å². The standard InChI is InChI=1S/C15H21FN2O7.C10H11FN2O4/c1-7-6-17(12-10(20)9(19)8(5-16)24-12)13(22)18(11(7)21)14(23)25-15(2,3)4;1-4-3-13-9-7(6(14)5(2-11)16-9)17-10(13)12-8(4)15/h6,8-10,12,19-20H,5H2,1-4H3;3,5-7,9,14H,2H2,1H3/t8-,9-,10-,12-;5-,6-,7+,9-/m11/s1. The van der Waals surface area contributed by atoms with Crippen LogP contribution in [0.2, 0.25) is 0 Å². The van der Waals surface area contributed by atoms with Gasteiger partial charge in [0.15, 0.2) is 18.6 Å². The van der Waals surface area contributed by atoms with Crippen LogP contribution >= 0.6 is 0 Å². The summed E-state index contributed by atoms with van der Waals surface area (Å²) in [5.41, 5.74) is -2.89. The van der Waals surface area contributed by atoms with Crippen LogP contribution < -0.4 is 21.5 Å². The predicted octanol–water partition coefficient (Wildman–Crippen LogP) is -0.769. The molecule has 2 saturated heterocycles. The summed E-state index contributed by atoms with van der Waals surface area (Å²) >= 11 is 0. The second kappa shape index (κ2) is 11.6. The molecule has 5 heterocycles. The van der Waals surface area contributed by atoms with Crippen molar-refractivity contribution in [3.8, 4) is 6.01 Å². The van der Waals surface area contributed by atoms with Crippen LogP contribution in [0.25, 0.3) is 0 Å². The van der Waals surface area contributed by atoms with Gasteiger partial charge in [-0.15, -0.1) is 0 Å². The minimum Gasteiger partial charge on any atom is -0.453 e. The molecule has 0 saturated carbocycles. The zero-order valence-corrected chi connectivity index (χ0v) is 23.3. The Morgan fingerprint density at radius 1 is 0.929 bits per heavy atom. The molecule has 0 unspecified atom stereocenters. The Labute approximate surface area is 236 Å². The normalized spacial score (nSPS) is 29.8. The molecule has 0 aliphatic carbocycles. The lowest BCUT2D eigenvalue weighted by Gasteiger charge is -2.22. The number of aliphatic hydroxyl groups excluding tert-OH is 3. The molecular weight excluding hydrogens is 570 g/mol. The molecule has 42 heavy (non-hydrogen) atoms. The van der Waals surface area contributed by atoms with Gasteiger partial charge in [0.05, 0.1) is 0 Å². The maximum Gasteiger partial charge on any atom is 0.425 e. The number of carbonyl (C=O) groups excluding carboxylic acids is 1. The van der Waals surface area contributed by atoms with Gasteiger partial charge in [-0.05, 0) is 34.6 Å². The molecule has 0 radical (unpaired) electrons. The number of aliphatic hydroxyl groups is 3. The Bertz CT molecular complexity index is 1520. The van der Waals surface area contributed by atoms with Crippen LogP contribution in [0.3, 0.4) is 0 Å². The number of aryl methyl sites for hydroxylation is 2. The van der Waals surface area contributed by atoms with E-state index in [1.54, 1.807) is 33.9 Å². The number of aromatic nitrogens is 4. The van der Waals surface area contributed by atoms with Gasteiger partial charge in [-0.25, -0.2) is 18.4 Å². The van der Waals surface area contributed by atoms with Gasteiger partial charge in [-0.3, -0.25) is 18.7 Å². The van der Waals surface area contributed by atoms with Crippen LogP contribution in [-0.4, -0.2) is 95.7 Å². The van der Waals surface area contributed by atoms with Crippen molar-refractivity contribution in [3.05, 3.63) is 54.7 Å². The fraction of sp³-hybridized carbons (Fsp3) is 0.640. The van der Waals surface area contributed by atoms with E-state index >= 15 is 0 Å². The van der Waals surface area contributed by atoms with E-state index in [1.807, 2.05) is 0 Å². The maximum absolute atomic E-state index is 12.8. The summed E-state index contributed by atoms with van der Waals surface area (Å²) in [5.74, 6) is 0. The van der Waals surface area contributed by atoms with Gasteiger partial charge in [0, 0.05) is 23.5 Å². The zero-order valence-electron chi connectivity index (χ0n) is 23.3. The number of alkyl halides is 2. The first kappa shape index (κ1) is 31.4. The number of hydrogen-bond donors (Lipinski definition) is 3. The van der Waals surface area contributed by atoms with Gasteiger partial charge in [-0.2, -0.15) is 9.55 Å². The summed E-state index contributed by atoms with van der Waals surface area (Å²) in [4.78, 5) is 52.0. The average molecular weight is 603 g/mol. The molecule has 232 valence electrons. The fourth-order valence-corrected chi connectivity index (χ4v) is 4.57. The Morgan fingerprint density at radius 2 is 1.50 bits per heavy atom. The molecule has 3 N–H and O–H groups in total. The minimum absolute atomic E-state index is 0.000512. The molecule has 5 rings (SSSR count). The molecule has 0 aromatic carbocycles. The maximum atomic E-state index is 12.8. The second-order valence-electron chi connectivity index (χ2n) is 11.0. The van der Waals surface area contributed by atoms with Gasteiger partial charge >= 0.3 is 17.8 Å². The van der Waals surface area contributed by atoms with Crippen molar-refractivity contribution in [3.63, 3.8) is 0 Å². The Morgan fingerprint density at radius 3 is 2.07 bits per heavy atom. The molecule has 0 amide bonds. The molecule has 0 bridgehead atoms. The molecule has 8 atom stereocenters. The van der Waals surface area contributed by atoms with Crippen molar-refractivity contribution >= 4 is 6.09 Å².